The summed E-state index contributed by atoms with van der Waals surface area (Å²) in [6, 6.07) is 58.6. The van der Waals surface area contributed by atoms with E-state index in [1.54, 1.807) is 0 Å². The molecule has 0 saturated carbocycles. The molecular formula is C51H46N2S. The Hall–Kier alpha value is -5.87. The van der Waals surface area contributed by atoms with Gasteiger partial charge in [-0.25, -0.2) is 0 Å². The Labute approximate surface area is 323 Å². The summed E-state index contributed by atoms with van der Waals surface area (Å²) in [6.45, 7) is 8.34. The van der Waals surface area contributed by atoms with E-state index in [2.05, 4.69) is 183 Å². The predicted octanol–water partition coefficient (Wildman–Crippen LogP) is 13.7. The van der Waals surface area contributed by atoms with E-state index < -0.39 is 0 Å². The van der Waals surface area contributed by atoms with Gasteiger partial charge in [-0.2, -0.15) is 0 Å². The Morgan fingerprint density at radius 3 is 1.94 bits per heavy atom. The van der Waals surface area contributed by atoms with E-state index in [0.29, 0.717) is 5.92 Å². The number of allylic oxidation sites excluding steroid dienone is 4. The quantitative estimate of drug-likeness (QED) is 0.171. The topological polar surface area (TPSA) is 38.4 Å². The molecule has 1 aliphatic rings. The molecule has 0 spiro atoms. The molecule has 2 nitrogen and oxygen atoms in total. The maximum absolute atomic E-state index is 4.50. The predicted molar refractivity (Wildman–Crippen MR) is 238 cm³/mol. The van der Waals surface area contributed by atoms with Crippen molar-refractivity contribution in [2.24, 2.45) is 16.6 Å². The van der Waals surface area contributed by atoms with Crippen LogP contribution in [0.25, 0.3) is 53.2 Å². The van der Waals surface area contributed by atoms with Crippen LogP contribution in [0.15, 0.2) is 181 Å². The van der Waals surface area contributed by atoms with Gasteiger partial charge >= 0.3 is 0 Å². The lowest BCUT2D eigenvalue weighted by molar-refractivity contribution is 0.761. The molecule has 3 heteroatoms. The van der Waals surface area contributed by atoms with Crippen LogP contribution in [0.1, 0.15) is 47.2 Å². The van der Waals surface area contributed by atoms with Gasteiger partial charge in [0.05, 0.1) is 6.04 Å². The molecule has 54 heavy (non-hydrogen) atoms. The summed E-state index contributed by atoms with van der Waals surface area (Å²) in [7, 11) is 1.50. The molecule has 8 aromatic rings. The van der Waals surface area contributed by atoms with Crippen LogP contribution < -0.4 is 5.73 Å². The van der Waals surface area contributed by atoms with E-state index >= 15 is 0 Å². The van der Waals surface area contributed by atoms with Gasteiger partial charge in [0.15, 0.2) is 0 Å². The maximum Gasteiger partial charge on any atom is 0.0992 e. The standard InChI is InChI=1S/C43H33NS.C7H8.CH5N/c1-28-21-22-35(37-19-10-20-38-40-25-32-13-6-7-14-33(32)27-41(40)45-43(37)38)26-39(28)34-17-8-15-30(23-34)31-16-9-18-36(24-31)42(44-2)29-11-4-3-5-12-29;1-7-5-3-2-4-6-7;1-2/h3-20,22-28,42H,2,21H2,1H3;2-6H,1H3;2H2,1H3. The summed E-state index contributed by atoms with van der Waals surface area (Å²) >= 11 is 1.92. The Morgan fingerprint density at radius 1 is 0.630 bits per heavy atom. The van der Waals surface area contributed by atoms with Crippen molar-refractivity contribution in [1.82, 2.24) is 0 Å². The number of nitrogens with two attached hydrogens (primary N) is 1. The molecule has 0 fully saturated rings. The van der Waals surface area contributed by atoms with Crippen LogP contribution in [0, 0.1) is 12.8 Å². The molecule has 2 atom stereocenters. The van der Waals surface area contributed by atoms with Crippen molar-refractivity contribution in [3.05, 3.63) is 204 Å². The largest absolute Gasteiger partial charge is 0.333 e. The van der Waals surface area contributed by atoms with Gasteiger partial charge in [-0.1, -0.05) is 164 Å². The summed E-state index contributed by atoms with van der Waals surface area (Å²) in [5, 5.41) is 5.29. The number of hydrogen-bond acceptors (Lipinski definition) is 3. The first-order valence-corrected chi connectivity index (χ1v) is 19.4. The molecule has 0 amide bonds. The van der Waals surface area contributed by atoms with Gasteiger partial charge in [0.1, 0.15) is 0 Å². The second-order valence-corrected chi connectivity index (χ2v) is 14.8. The number of thiophene rings is 1. The second-order valence-electron chi connectivity index (χ2n) is 13.7. The second kappa shape index (κ2) is 16.9. The van der Waals surface area contributed by atoms with Crippen LogP contribution in [-0.2, 0) is 0 Å². The van der Waals surface area contributed by atoms with Crippen molar-refractivity contribution in [2.45, 2.75) is 26.3 Å². The molecule has 1 aliphatic carbocycles. The Bertz CT molecular complexity index is 2590. The molecule has 9 rings (SSSR count). The minimum absolute atomic E-state index is 0.0851. The van der Waals surface area contributed by atoms with Crippen molar-refractivity contribution >= 4 is 60.1 Å². The monoisotopic (exact) mass is 718 g/mol. The molecule has 0 radical (unpaired) electrons. The number of nitrogens with zero attached hydrogens (tertiary/aromatic N) is 1. The Kier molecular flexibility index (Phi) is 11.4. The number of aryl methyl sites for hydroxylation is 1. The normalized spacial score (nSPS) is 14.3. The minimum Gasteiger partial charge on any atom is -0.333 e. The van der Waals surface area contributed by atoms with E-state index in [9.17, 15) is 0 Å². The zero-order valence-corrected chi connectivity index (χ0v) is 32.1. The molecule has 0 aliphatic heterocycles. The minimum atomic E-state index is -0.0851. The number of hydrogen-bond donors (Lipinski definition) is 1. The van der Waals surface area contributed by atoms with Crippen molar-refractivity contribution < 1.29 is 0 Å². The van der Waals surface area contributed by atoms with Crippen molar-refractivity contribution in [3.8, 4) is 11.1 Å². The first kappa shape index (κ1) is 36.5. The highest BCUT2D eigenvalue weighted by Gasteiger charge is 2.20. The summed E-state index contributed by atoms with van der Waals surface area (Å²) in [5.41, 5.74) is 15.9. The lowest BCUT2D eigenvalue weighted by Crippen LogP contribution is -2.03. The smallest absolute Gasteiger partial charge is 0.0992 e. The highest BCUT2D eigenvalue weighted by molar-refractivity contribution is 7.26. The first-order chi connectivity index (χ1) is 26.6. The summed E-state index contributed by atoms with van der Waals surface area (Å²) in [6.07, 6.45) is 5.89. The summed E-state index contributed by atoms with van der Waals surface area (Å²) in [4.78, 5) is 4.49. The van der Waals surface area contributed by atoms with Crippen LogP contribution in [0.5, 0.6) is 0 Å². The van der Waals surface area contributed by atoms with E-state index in [-0.39, 0.29) is 6.04 Å². The fourth-order valence-corrected chi connectivity index (χ4v) is 8.67. The SMILES string of the molecule is C=NC(c1ccccc1)c1cccc(-c2cccc(C3=CC(c4cccc5c4sc4cc6ccccc6cc45)=CCC3C)c2)c1.CN.Cc1ccccc1. The molecular weight excluding hydrogens is 673 g/mol. The van der Waals surface area contributed by atoms with Crippen molar-refractivity contribution in [2.75, 3.05) is 7.05 Å². The van der Waals surface area contributed by atoms with Gasteiger partial charge in [0.2, 0.25) is 0 Å². The number of benzene rings is 7. The van der Waals surface area contributed by atoms with Gasteiger partial charge in [-0.3, -0.25) is 4.99 Å². The van der Waals surface area contributed by atoms with Crippen LogP contribution in [-0.4, -0.2) is 13.8 Å². The fourth-order valence-electron chi connectivity index (χ4n) is 7.41. The highest BCUT2D eigenvalue weighted by atomic mass is 32.1. The zero-order chi connectivity index (χ0) is 37.4. The van der Waals surface area contributed by atoms with E-state index in [1.165, 1.54) is 77.0 Å². The highest BCUT2D eigenvalue weighted by Crippen LogP contribution is 2.43. The molecule has 2 N–H and O–H groups in total. The van der Waals surface area contributed by atoms with Crippen molar-refractivity contribution in [1.29, 1.82) is 0 Å². The summed E-state index contributed by atoms with van der Waals surface area (Å²) < 4.78 is 2.72. The van der Waals surface area contributed by atoms with Crippen LogP contribution >= 0.6 is 11.3 Å². The van der Waals surface area contributed by atoms with Gasteiger partial charge in [0.25, 0.3) is 0 Å². The van der Waals surface area contributed by atoms with E-state index in [0.717, 1.165) is 17.5 Å². The molecule has 7 aromatic carbocycles. The van der Waals surface area contributed by atoms with Crippen LogP contribution in [0.2, 0.25) is 0 Å². The number of fused-ring (bicyclic) bond motifs is 4. The van der Waals surface area contributed by atoms with Crippen LogP contribution in [0.3, 0.4) is 0 Å². The molecule has 266 valence electrons. The Balaban J connectivity index is 0.000000446. The third-order valence-corrected chi connectivity index (χ3v) is 11.4. The van der Waals surface area contributed by atoms with Gasteiger partial charge in [0, 0.05) is 20.2 Å². The average Bonchev–Trinajstić information content (AvgIpc) is 3.60. The number of rotatable bonds is 6. The Morgan fingerprint density at radius 2 is 1.24 bits per heavy atom. The average molecular weight is 719 g/mol. The molecule has 0 bridgehead atoms. The molecule has 1 aromatic heterocycles. The lowest BCUT2D eigenvalue weighted by atomic mass is 9.83. The van der Waals surface area contributed by atoms with Crippen molar-refractivity contribution in [3.63, 3.8) is 0 Å². The third-order valence-electron chi connectivity index (χ3n) is 10.2. The van der Waals surface area contributed by atoms with Crippen LogP contribution in [0.4, 0.5) is 0 Å². The number of aliphatic imine (C=N–C) groups is 1. The molecule has 0 saturated heterocycles. The fraction of sp³-hybridized carbons (Fsp3) is 0.118. The first-order valence-electron chi connectivity index (χ1n) is 18.6. The maximum atomic E-state index is 4.50. The third kappa shape index (κ3) is 7.75. The van der Waals surface area contributed by atoms with Gasteiger partial charge in [-0.15, -0.1) is 11.3 Å². The van der Waals surface area contributed by atoms with Gasteiger partial charge < -0.3 is 5.73 Å². The van der Waals surface area contributed by atoms with E-state index in [1.807, 2.05) is 35.6 Å². The summed E-state index contributed by atoms with van der Waals surface area (Å²) in [5.74, 6) is 0.440. The molecule has 2 unspecified atom stereocenters. The molecule has 1 heterocycles. The lowest BCUT2D eigenvalue weighted by Gasteiger charge is -2.22. The van der Waals surface area contributed by atoms with E-state index in [4.69, 9.17) is 0 Å². The zero-order valence-electron chi connectivity index (χ0n) is 31.2. The van der Waals surface area contributed by atoms with Gasteiger partial charge in [-0.05, 0) is 113 Å².